The Hall–Kier alpha value is -2.28. The van der Waals surface area contributed by atoms with E-state index < -0.39 is 11.5 Å². The van der Waals surface area contributed by atoms with Crippen LogP contribution in [0.3, 0.4) is 0 Å². The number of methoxy groups -OCH3 is 1. The maximum absolute atomic E-state index is 12.6. The minimum absolute atomic E-state index is 0.0939. The van der Waals surface area contributed by atoms with E-state index in [1.807, 2.05) is 13.8 Å². The Morgan fingerprint density at radius 2 is 2.22 bits per heavy atom. The second-order valence-electron chi connectivity index (χ2n) is 5.72. The molecule has 0 saturated carbocycles. The molecule has 2 aromatic rings. The van der Waals surface area contributed by atoms with Crippen molar-refractivity contribution in [1.82, 2.24) is 19.9 Å². The second-order valence-corrected chi connectivity index (χ2v) is 5.72. The monoisotopic (exact) mass is 318 g/mol. The van der Waals surface area contributed by atoms with Crippen LogP contribution in [-0.4, -0.2) is 40.7 Å². The van der Waals surface area contributed by atoms with Gasteiger partial charge >= 0.3 is 0 Å². The molecule has 0 radical (unpaired) electrons. The van der Waals surface area contributed by atoms with Crippen molar-refractivity contribution in [1.29, 1.82) is 0 Å². The number of amides is 1. The molecule has 0 fully saturated rings. The number of carbonyl (C=O) groups is 1. The Morgan fingerprint density at radius 1 is 1.43 bits per heavy atom. The summed E-state index contributed by atoms with van der Waals surface area (Å²) in [7, 11) is 1.60. The summed E-state index contributed by atoms with van der Waals surface area (Å²) in [5.74, 6) is -0.215. The van der Waals surface area contributed by atoms with Crippen LogP contribution < -0.4 is 10.9 Å². The third-order valence-corrected chi connectivity index (χ3v) is 3.28. The number of rotatable bonds is 7. The Bertz CT molecular complexity index is 740. The summed E-state index contributed by atoms with van der Waals surface area (Å²) in [6.45, 7) is 5.48. The zero-order chi connectivity index (χ0) is 16.8. The maximum Gasteiger partial charge on any atom is 0.283 e. The first kappa shape index (κ1) is 17.1. The molecule has 7 nitrogen and oxygen atoms in total. The fourth-order valence-electron chi connectivity index (χ4n) is 2.26. The van der Waals surface area contributed by atoms with Crippen molar-refractivity contribution < 1.29 is 9.53 Å². The lowest BCUT2D eigenvalue weighted by molar-refractivity contribution is 0.0941. The van der Waals surface area contributed by atoms with Crippen molar-refractivity contribution in [2.24, 2.45) is 5.92 Å². The predicted molar refractivity (Wildman–Crippen MR) is 87.5 cm³/mol. The number of hydrogen-bond acceptors (Lipinski definition) is 5. The molecule has 0 bridgehead atoms. The van der Waals surface area contributed by atoms with Crippen LogP contribution in [0.5, 0.6) is 0 Å². The van der Waals surface area contributed by atoms with Crippen LogP contribution in [0.2, 0.25) is 0 Å². The fourth-order valence-corrected chi connectivity index (χ4v) is 2.26. The summed E-state index contributed by atoms with van der Waals surface area (Å²) in [5, 5.41) is 2.70. The Labute approximate surface area is 134 Å². The molecule has 0 aliphatic heterocycles. The predicted octanol–water partition coefficient (Wildman–Crippen LogP) is 1.21. The van der Waals surface area contributed by atoms with Gasteiger partial charge in [-0.2, -0.15) is 0 Å². The van der Waals surface area contributed by atoms with Crippen LogP contribution in [0.15, 0.2) is 23.1 Å². The second kappa shape index (κ2) is 7.82. The molecule has 2 rings (SSSR count). The van der Waals surface area contributed by atoms with E-state index in [9.17, 15) is 9.59 Å². The topological polar surface area (TPSA) is 86.1 Å². The van der Waals surface area contributed by atoms with Crippen LogP contribution >= 0.6 is 0 Å². The Morgan fingerprint density at radius 3 is 2.91 bits per heavy atom. The fraction of sp³-hybridized carbons (Fsp3) is 0.500. The highest BCUT2D eigenvalue weighted by atomic mass is 16.5. The van der Waals surface area contributed by atoms with Crippen molar-refractivity contribution in [2.75, 3.05) is 20.3 Å². The number of hydrogen-bond donors (Lipinski definition) is 1. The molecule has 0 aromatic carbocycles. The van der Waals surface area contributed by atoms with E-state index in [0.29, 0.717) is 37.3 Å². The summed E-state index contributed by atoms with van der Waals surface area (Å²) in [6.07, 6.45) is 2.29. The van der Waals surface area contributed by atoms with Gasteiger partial charge < -0.3 is 10.1 Å². The van der Waals surface area contributed by atoms with E-state index in [4.69, 9.17) is 4.74 Å². The van der Waals surface area contributed by atoms with Crippen LogP contribution in [-0.2, 0) is 11.3 Å². The quantitative estimate of drug-likeness (QED) is 0.776. The zero-order valence-corrected chi connectivity index (χ0v) is 13.7. The van der Waals surface area contributed by atoms with E-state index in [1.54, 1.807) is 25.4 Å². The first-order chi connectivity index (χ1) is 11.0. The van der Waals surface area contributed by atoms with Crippen molar-refractivity contribution in [3.8, 4) is 0 Å². The lowest BCUT2D eigenvalue weighted by Crippen LogP contribution is -2.36. The number of nitrogens with one attached hydrogen (secondary N) is 1. The molecule has 0 saturated heterocycles. The number of ether oxygens (including phenoxy) is 1. The van der Waals surface area contributed by atoms with Crippen LogP contribution in [0.1, 0.15) is 30.8 Å². The molecule has 2 aromatic heterocycles. The summed E-state index contributed by atoms with van der Waals surface area (Å²) >= 11 is 0. The standard InChI is InChI=1S/C16H22N4O3/c1-11(2)10-20-14-12(6-4-7-17-14)19-13(16(20)22)15(21)18-8-5-9-23-3/h4,6-7,11H,5,8-10H2,1-3H3,(H,18,21). The molecule has 0 atom stereocenters. The highest BCUT2D eigenvalue weighted by molar-refractivity contribution is 5.93. The third-order valence-electron chi connectivity index (χ3n) is 3.28. The summed E-state index contributed by atoms with van der Waals surface area (Å²) < 4.78 is 6.46. The molecule has 0 unspecified atom stereocenters. The molecule has 0 spiro atoms. The normalized spacial score (nSPS) is 11.1. The lowest BCUT2D eigenvalue weighted by atomic mass is 10.2. The summed E-state index contributed by atoms with van der Waals surface area (Å²) in [4.78, 5) is 33.3. The summed E-state index contributed by atoms with van der Waals surface area (Å²) in [5.41, 5.74) is 0.537. The van der Waals surface area contributed by atoms with E-state index >= 15 is 0 Å². The third kappa shape index (κ3) is 4.13. The van der Waals surface area contributed by atoms with Gasteiger partial charge in [-0.15, -0.1) is 0 Å². The van der Waals surface area contributed by atoms with Crippen molar-refractivity contribution in [2.45, 2.75) is 26.8 Å². The average molecular weight is 318 g/mol. The minimum atomic E-state index is -0.464. The number of fused-ring (bicyclic) bond motifs is 1. The molecule has 1 N–H and O–H groups in total. The van der Waals surface area contributed by atoms with Crippen LogP contribution in [0.4, 0.5) is 0 Å². The van der Waals surface area contributed by atoms with E-state index in [0.717, 1.165) is 0 Å². The Balaban J connectivity index is 2.38. The van der Waals surface area contributed by atoms with Gasteiger partial charge in [-0.25, -0.2) is 9.97 Å². The molecular formula is C16H22N4O3. The molecule has 124 valence electrons. The zero-order valence-electron chi connectivity index (χ0n) is 13.7. The van der Waals surface area contributed by atoms with Crippen molar-refractivity contribution in [3.05, 3.63) is 34.4 Å². The van der Waals surface area contributed by atoms with Crippen molar-refractivity contribution in [3.63, 3.8) is 0 Å². The lowest BCUT2D eigenvalue weighted by Gasteiger charge is -2.13. The number of pyridine rings is 1. The van der Waals surface area contributed by atoms with Gasteiger partial charge in [-0.05, 0) is 24.5 Å². The maximum atomic E-state index is 12.6. The highest BCUT2D eigenvalue weighted by Gasteiger charge is 2.18. The number of aromatic nitrogens is 3. The van der Waals surface area contributed by atoms with Gasteiger partial charge in [0.2, 0.25) is 0 Å². The largest absolute Gasteiger partial charge is 0.385 e. The number of nitrogens with zero attached hydrogens (tertiary/aromatic N) is 3. The molecular weight excluding hydrogens is 296 g/mol. The minimum Gasteiger partial charge on any atom is -0.385 e. The van der Waals surface area contributed by atoms with Crippen LogP contribution in [0, 0.1) is 5.92 Å². The Kier molecular flexibility index (Phi) is 5.81. The molecule has 23 heavy (non-hydrogen) atoms. The van der Waals surface area contributed by atoms with Gasteiger partial charge in [0.15, 0.2) is 11.3 Å². The molecule has 0 aliphatic rings. The molecule has 1 amide bonds. The van der Waals surface area contributed by atoms with Gasteiger partial charge in [0.25, 0.3) is 11.5 Å². The first-order valence-corrected chi connectivity index (χ1v) is 7.67. The van der Waals surface area contributed by atoms with E-state index in [2.05, 4.69) is 15.3 Å². The molecule has 0 aliphatic carbocycles. The smallest absolute Gasteiger partial charge is 0.283 e. The average Bonchev–Trinajstić information content (AvgIpc) is 2.53. The van der Waals surface area contributed by atoms with Gasteiger partial charge in [0, 0.05) is 33.0 Å². The van der Waals surface area contributed by atoms with Gasteiger partial charge in [0.1, 0.15) is 5.52 Å². The molecule has 2 heterocycles. The highest BCUT2D eigenvalue weighted by Crippen LogP contribution is 2.09. The van der Waals surface area contributed by atoms with E-state index in [-0.39, 0.29) is 11.6 Å². The molecule has 7 heteroatoms. The van der Waals surface area contributed by atoms with Gasteiger partial charge in [-0.1, -0.05) is 13.8 Å². The van der Waals surface area contributed by atoms with Crippen LogP contribution in [0.25, 0.3) is 11.2 Å². The number of carbonyl (C=O) groups excluding carboxylic acids is 1. The van der Waals surface area contributed by atoms with E-state index in [1.165, 1.54) is 4.57 Å². The first-order valence-electron chi connectivity index (χ1n) is 7.67. The van der Waals surface area contributed by atoms with Gasteiger partial charge in [-0.3, -0.25) is 14.2 Å². The van der Waals surface area contributed by atoms with Gasteiger partial charge in [0.05, 0.1) is 0 Å². The summed E-state index contributed by atoms with van der Waals surface area (Å²) in [6, 6.07) is 3.49. The van der Waals surface area contributed by atoms with Crippen molar-refractivity contribution >= 4 is 17.1 Å². The SMILES string of the molecule is COCCCNC(=O)c1nc2cccnc2n(CC(C)C)c1=O.